The summed E-state index contributed by atoms with van der Waals surface area (Å²) in [6.45, 7) is 2.13. The molecule has 0 N–H and O–H groups in total. The molecule has 0 saturated carbocycles. The largest absolute Gasteiger partial charge is 0.383 e. The average molecular weight is 245 g/mol. The zero-order valence-corrected chi connectivity index (χ0v) is 10.5. The van der Waals surface area contributed by atoms with E-state index in [1.165, 1.54) is 11.1 Å². The number of hydrogen-bond donors (Lipinski definition) is 0. The van der Waals surface area contributed by atoms with Crippen molar-refractivity contribution in [2.75, 3.05) is 0 Å². The summed E-state index contributed by atoms with van der Waals surface area (Å²) in [5, 5.41) is 0. The van der Waals surface area contributed by atoms with Crippen molar-refractivity contribution in [1.82, 2.24) is 4.98 Å². The maximum Gasteiger partial charge on any atom is 0 e. The van der Waals surface area contributed by atoms with Crippen LogP contribution in [0.2, 0.25) is 0 Å². The molecule has 0 bridgehead atoms. The molecule has 0 spiro atoms. The van der Waals surface area contributed by atoms with Crippen molar-refractivity contribution < 1.29 is 32.7 Å². The van der Waals surface area contributed by atoms with E-state index >= 15 is 0 Å². The van der Waals surface area contributed by atoms with E-state index in [0.29, 0.717) is 0 Å². The smallest absolute Gasteiger partial charge is 0 e. The number of fused-ring (bicyclic) bond motifs is 1. The van der Waals surface area contributed by atoms with Crippen molar-refractivity contribution in [2.24, 2.45) is 0 Å². The third-order valence-electron chi connectivity index (χ3n) is 1.95. The van der Waals surface area contributed by atoms with Gasteiger partial charge < -0.3 is 4.98 Å². The summed E-state index contributed by atoms with van der Waals surface area (Å²) < 4.78 is 0. The summed E-state index contributed by atoms with van der Waals surface area (Å²) in [6.07, 6.45) is 8.94. The second-order valence-electron chi connectivity index (χ2n) is 3.00. The van der Waals surface area contributed by atoms with Gasteiger partial charge in [0, 0.05) is 32.7 Å². The summed E-state index contributed by atoms with van der Waals surface area (Å²) >= 11 is 0. The Morgan fingerprint density at radius 1 is 1.46 bits per heavy atom. The van der Waals surface area contributed by atoms with Crippen LogP contribution in [0.15, 0.2) is 30.0 Å². The van der Waals surface area contributed by atoms with Crippen LogP contribution >= 0.6 is 0 Å². The molecule has 1 aromatic heterocycles. The van der Waals surface area contributed by atoms with Gasteiger partial charge in [-0.2, -0.15) is 12.1 Å². The van der Waals surface area contributed by atoms with Crippen molar-refractivity contribution >= 4 is 6.08 Å². The van der Waals surface area contributed by atoms with Crippen molar-refractivity contribution in [2.45, 2.75) is 13.3 Å². The van der Waals surface area contributed by atoms with E-state index < -0.39 is 0 Å². The van der Waals surface area contributed by atoms with E-state index in [0.717, 1.165) is 12.1 Å². The molecule has 63 valence electrons. The fraction of sp³-hybridized carbons (Fsp3) is 0.182. The first-order valence-corrected chi connectivity index (χ1v) is 4.05. The molecule has 1 radical (unpaired) electrons. The van der Waals surface area contributed by atoms with Gasteiger partial charge >= 0.3 is 0 Å². The van der Waals surface area contributed by atoms with Gasteiger partial charge in [-0.05, 0) is 19.0 Å². The monoisotopic (exact) mass is 245 g/mol. The quantitative estimate of drug-likeness (QED) is 0.639. The Balaban J connectivity index is 0.000000845. The second kappa shape index (κ2) is 4.83. The minimum Gasteiger partial charge on any atom is -0.383 e. The molecule has 1 aliphatic carbocycles. The number of aromatic nitrogens is 1. The summed E-state index contributed by atoms with van der Waals surface area (Å²) in [5.41, 5.74) is 3.60. The van der Waals surface area contributed by atoms with Gasteiger partial charge in [-0.1, -0.05) is 30.0 Å². The van der Waals surface area contributed by atoms with Gasteiger partial charge in [0.1, 0.15) is 0 Å². The molecule has 0 atom stereocenters. The van der Waals surface area contributed by atoms with E-state index in [4.69, 9.17) is 0 Å². The Morgan fingerprint density at radius 3 is 3.15 bits per heavy atom. The summed E-state index contributed by atoms with van der Waals surface area (Å²) in [5.74, 6) is 0. The van der Waals surface area contributed by atoms with Crippen molar-refractivity contribution in [3.63, 3.8) is 0 Å². The molecule has 1 aliphatic rings. The van der Waals surface area contributed by atoms with Gasteiger partial charge in [-0.3, -0.25) is 0 Å². The van der Waals surface area contributed by atoms with Crippen LogP contribution in [-0.4, -0.2) is 4.98 Å². The number of pyridine rings is 1. The molecule has 0 saturated heterocycles. The first-order chi connectivity index (χ1) is 5.86. The van der Waals surface area contributed by atoms with Crippen LogP contribution < -0.4 is 0 Å². The standard InChI is InChI=1S/C11H10N.Y/c1-9-4-2-6-11-10(8-9)5-3-7-12-11;/h2-4,6-7H,8H2,1H3;/q-1;. The van der Waals surface area contributed by atoms with Crippen LogP contribution in [-0.2, 0) is 39.1 Å². The molecular formula is C11H10NY-. The van der Waals surface area contributed by atoms with Gasteiger partial charge in [-0.25, -0.2) is 0 Å². The van der Waals surface area contributed by atoms with Gasteiger partial charge in [-0.15, -0.1) is 5.56 Å². The van der Waals surface area contributed by atoms with Gasteiger partial charge in [0.25, 0.3) is 0 Å². The van der Waals surface area contributed by atoms with Gasteiger partial charge in [0.05, 0.1) is 0 Å². The number of rotatable bonds is 0. The number of hydrogen-bond acceptors (Lipinski definition) is 1. The Kier molecular flexibility index (Phi) is 4.02. The van der Waals surface area contributed by atoms with Crippen LogP contribution in [0.25, 0.3) is 6.08 Å². The summed E-state index contributed by atoms with van der Waals surface area (Å²) in [4.78, 5) is 4.26. The second-order valence-corrected chi connectivity index (χ2v) is 3.00. The van der Waals surface area contributed by atoms with Crippen LogP contribution in [0, 0.1) is 6.07 Å². The SMILES string of the molecule is CC1=CC=Cc2ncc[c-]c2C1.[Y]. The first kappa shape index (κ1) is 10.8. The average Bonchev–Trinajstić information content (AvgIpc) is 2.25. The first-order valence-electron chi connectivity index (χ1n) is 4.05. The summed E-state index contributed by atoms with van der Waals surface area (Å²) in [7, 11) is 0. The fourth-order valence-corrected chi connectivity index (χ4v) is 1.33. The minimum atomic E-state index is 0. The predicted octanol–water partition coefficient (Wildman–Crippen LogP) is 2.39. The molecule has 0 aromatic carbocycles. The Hall–Kier alpha value is -0.266. The molecule has 2 rings (SSSR count). The van der Waals surface area contributed by atoms with Crippen molar-refractivity contribution in [1.29, 1.82) is 0 Å². The number of nitrogens with zero attached hydrogens (tertiary/aromatic N) is 1. The minimum absolute atomic E-state index is 0. The normalized spacial score (nSPS) is 13.8. The number of allylic oxidation sites excluding steroid dienone is 3. The van der Waals surface area contributed by atoms with Gasteiger partial charge in [0.15, 0.2) is 0 Å². The molecule has 1 nitrogen and oxygen atoms in total. The molecule has 0 fully saturated rings. The third kappa shape index (κ3) is 2.59. The van der Waals surface area contributed by atoms with E-state index in [1.807, 2.05) is 18.2 Å². The zero-order chi connectivity index (χ0) is 8.39. The molecule has 0 amide bonds. The van der Waals surface area contributed by atoms with Crippen LogP contribution in [0.3, 0.4) is 0 Å². The molecular weight excluding hydrogens is 235 g/mol. The fourth-order valence-electron chi connectivity index (χ4n) is 1.33. The maximum atomic E-state index is 4.26. The Morgan fingerprint density at radius 2 is 2.31 bits per heavy atom. The molecule has 13 heavy (non-hydrogen) atoms. The molecule has 0 unspecified atom stereocenters. The molecule has 2 heteroatoms. The van der Waals surface area contributed by atoms with E-state index in [1.54, 1.807) is 6.20 Å². The van der Waals surface area contributed by atoms with Gasteiger partial charge in [0.2, 0.25) is 0 Å². The predicted molar refractivity (Wildman–Crippen MR) is 49.6 cm³/mol. The maximum absolute atomic E-state index is 4.26. The Labute approximate surface area is 104 Å². The van der Waals surface area contributed by atoms with Crippen LogP contribution in [0.5, 0.6) is 0 Å². The molecule has 1 heterocycles. The van der Waals surface area contributed by atoms with Crippen molar-refractivity contribution in [3.05, 3.63) is 47.3 Å². The van der Waals surface area contributed by atoms with Crippen LogP contribution in [0.4, 0.5) is 0 Å². The summed E-state index contributed by atoms with van der Waals surface area (Å²) in [6, 6.07) is 5.07. The Bertz CT molecular complexity index is 353. The topological polar surface area (TPSA) is 12.9 Å². The van der Waals surface area contributed by atoms with Crippen LogP contribution in [0.1, 0.15) is 18.2 Å². The zero-order valence-electron chi connectivity index (χ0n) is 7.62. The molecule has 1 aromatic rings. The van der Waals surface area contributed by atoms with Crippen molar-refractivity contribution in [3.8, 4) is 0 Å². The van der Waals surface area contributed by atoms with E-state index in [2.05, 4.69) is 24.1 Å². The van der Waals surface area contributed by atoms with E-state index in [-0.39, 0.29) is 32.7 Å². The molecule has 0 aliphatic heterocycles. The third-order valence-corrected chi connectivity index (χ3v) is 1.95. The van der Waals surface area contributed by atoms with E-state index in [9.17, 15) is 0 Å².